The molecular formula is C25H27FO3. The van der Waals surface area contributed by atoms with E-state index in [1.54, 1.807) is 12.1 Å². The molecule has 4 heteroatoms. The SMILES string of the molecule is CCc1ccc(Oc2ccc(F)cc2)cc1C1C(=O)[C@@H]2CC[C@](C)(C1=O)C2(C)C. The Hall–Kier alpha value is -2.49. The van der Waals surface area contributed by atoms with Gasteiger partial charge in [0.05, 0.1) is 0 Å². The molecule has 1 unspecified atom stereocenters. The van der Waals surface area contributed by atoms with Crippen molar-refractivity contribution in [3.05, 3.63) is 59.4 Å². The van der Waals surface area contributed by atoms with Crippen LogP contribution in [0.15, 0.2) is 42.5 Å². The van der Waals surface area contributed by atoms with Gasteiger partial charge in [-0.15, -0.1) is 0 Å². The predicted octanol–water partition coefficient (Wildman–Crippen LogP) is 5.86. The van der Waals surface area contributed by atoms with Crippen LogP contribution in [0.1, 0.15) is 57.6 Å². The van der Waals surface area contributed by atoms with E-state index in [1.165, 1.54) is 12.1 Å². The first kappa shape index (κ1) is 19.8. The topological polar surface area (TPSA) is 43.4 Å². The van der Waals surface area contributed by atoms with Gasteiger partial charge in [-0.05, 0) is 72.2 Å². The third-order valence-electron chi connectivity index (χ3n) is 7.52. The van der Waals surface area contributed by atoms with E-state index < -0.39 is 11.3 Å². The summed E-state index contributed by atoms with van der Waals surface area (Å²) in [5.74, 6) is -0.0146. The van der Waals surface area contributed by atoms with Crippen LogP contribution >= 0.6 is 0 Å². The summed E-state index contributed by atoms with van der Waals surface area (Å²) in [6.07, 6.45) is 2.27. The Morgan fingerprint density at radius 2 is 1.69 bits per heavy atom. The monoisotopic (exact) mass is 394 g/mol. The van der Waals surface area contributed by atoms with Crippen molar-refractivity contribution in [3.8, 4) is 11.5 Å². The number of carbonyl (C=O) groups is 2. The lowest BCUT2D eigenvalue weighted by Crippen LogP contribution is -2.52. The van der Waals surface area contributed by atoms with Crippen molar-refractivity contribution >= 4 is 11.6 Å². The number of halogens is 1. The van der Waals surface area contributed by atoms with Crippen LogP contribution in [0.3, 0.4) is 0 Å². The van der Waals surface area contributed by atoms with E-state index in [1.807, 2.05) is 32.0 Å². The fourth-order valence-corrected chi connectivity index (χ4v) is 5.25. The van der Waals surface area contributed by atoms with Crippen LogP contribution in [-0.2, 0) is 16.0 Å². The molecule has 2 aliphatic carbocycles. The van der Waals surface area contributed by atoms with E-state index >= 15 is 0 Å². The van der Waals surface area contributed by atoms with Crippen LogP contribution in [0.4, 0.5) is 4.39 Å². The van der Waals surface area contributed by atoms with Crippen LogP contribution in [0.2, 0.25) is 0 Å². The minimum Gasteiger partial charge on any atom is -0.457 e. The highest BCUT2D eigenvalue weighted by Gasteiger charge is 2.64. The number of benzene rings is 2. The molecule has 2 aromatic rings. The molecule has 3 atom stereocenters. The number of hydrogen-bond donors (Lipinski definition) is 0. The van der Waals surface area contributed by atoms with E-state index in [2.05, 4.69) is 13.8 Å². The third kappa shape index (κ3) is 2.92. The Labute approximate surface area is 171 Å². The number of ketones is 2. The fraction of sp³-hybridized carbons (Fsp3) is 0.440. The van der Waals surface area contributed by atoms with Gasteiger partial charge in [-0.2, -0.15) is 0 Å². The van der Waals surface area contributed by atoms with Crippen LogP contribution in [0.25, 0.3) is 0 Å². The molecule has 0 aromatic heterocycles. The van der Waals surface area contributed by atoms with Gasteiger partial charge in [0.15, 0.2) is 11.6 Å². The molecule has 2 fully saturated rings. The van der Waals surface area contributed by atoms with E-state index in [-0.39, 0.29) is 28.7 Å². The third-order valence-corrected chi connectivity index (χ3v) is 7.52. The molecule has 4 rings (SSSR count). The molecule has 3 nitrogen and oxygen atoms in total. The Morgan fingerprint density at radius 1 is 1.03 bits per heavy atom. The smallest absolute Gasteiger partial charge is 0.154 e. The Balaban J connectivity index is 1.75. The van der Waals surface area contributed by atoms with E-state index in [4.69, 9.17) is 4.74 Å². The normalized spacial score (nSPS) is 27.9. The summed E-state index contributed by atoms with van der Waals surface area (Å²) >= 11 is 0. The highest BCUT2D eigenvalue weighted by Crippen LogP contribution is 2.62. The molecule has 2 bridgehead atoms. The first-order valence-corrected chi connectivity index (χ1v) is 10.3. The molecule has 0 saturated heterocycles. The molecule has 152 valence electrons. The zero-order valence-electron chi connectivity index (χ0n) is 17.4. The second-order valence-electron chi connectivity index (χ2n) is 9.11. The molecule has 0 aliphatic heterocycles. The van der Waals surface area contributed by atoms with Crippen molar-refractivity contribution in [2.45, 2.75) is 52.9 Å². The summed E-state index contributed by atoms with van der Waals surface area (Å²) in [4.78, 5) is 27.0. The van der Waals surface area contributed by atoms with Crippen LogP contribution < -0.4 is 4.74 Å². The average molecular weight is 394 g/mol. The average Bonchev–Trinajstić information content (AvgIpc) is 2.87. The molecule has 0 N–H and O–H groups in total. The number of fused-ring (bicyclic) bond motifs is 2. The lowest BCUT2D eigenvalue weighted by atomic mass is 9.54. The maximum Gasteiger partial charge on any atom is 0.154 e. The molecule has 2 aromatic carbocycles. The number of aryl methyl sites for hydroxylation is 1. The molecule has 2 aliphatic rings. The van der Waals surface area contributed by atoms with Gasteiger partial charge in [-0.3, -0.25) is 9.59 Å². The molecule has 29 heavy (non-hydrogen) atoms. The summed E-state index contributed by atoms with van der Waals surface area (Å²) in [7, 11) is 0. The van der Waals surface area contributed by atoms with Crippen molar-refractivity contribution in [2.75, 3.05) is 0 Å². The van der Waals surface area contributed by atoms with E-state index in [9.17, 15) is 14.0 Å². The van der Waals surface area contributed by atoms with Gasteiger partial charge in [0.2, 0.25) is 0 Å². The minimum absolute atomic E-state index is 0.0369. The lowest BCUT2D eigenvalue weighted by Gasteiger charge is -2.46. The first-order valence-electron chi connectivity index (χ1n) is 10.3. The highest BCUT2D eigenvalue weighted by atomic mass is 19.1. The minimum atomic E-state index is -0.729. The summed E-state index contributed by atoms with van der Waals surface area (Å²) in [6, 6.07) is 11.4. The molecular weight excluding hydrogens is 367 g/mol. The van der Waals surface area contributed by atoms with Crippen molar-refractivity contribution in [1.29, 1.82) is 0 Å². The van der Waals surface area contributed by atoms with E-state index in [0.29, 0.717) is 11.5 Å². The zero-order chi connectivity index (χ0) is 21.0. The molecule has 0 amide bonds. The maximum absolute atomic E-state index is 13.6. The second kappa shape index (κ2) is 6.79. The summed E-state index contributed by atoms with van der Waals surface area (Å²) in [5, 5.41) is 0. The van der Waals surface area contributed by atoms with Gasteiger partial charge < -0.3 is 4.74 Å². The van der Waals surface area contributed by atoms with Gasteiger partial charge in [0.1, 0.15) is 23.2 Å². The van der Waals surface area contributed by atoms with Gasteiger partial charge in [-0.25, -0.2) is 4.39 Å². The quantitative estimate of drug-likeness (QED) is 0.610. The van der Waals surface area contributed by atoms with Crippen molar-refractivity contribution < 1.29 is 18.7 Å². The number of Topliss-reactive ketones (excluding diaryl/α,β-unsaturated/α-hetero) is 2. The predicted molar refractivity (Wildman–Crippen MR) is 110 cm³/mol. The summed E-state index contributed by atoms with van der Waals surface area (Å²) in [5.41, 5.74) is 0.947. The molecule has 2 saturated carbocycles. The molecule has 0 radical (unpaired) electrons. The molecule has 0 spiro atoms. The highest BCUT2D eigenvalue weighted by molar-refractivity contribution is 6.14. The van der Waals surface area contributed by atoms with Crippen LogP contribution in [0, 0.1) is 22.6 Å². The lowest BCUT2D eigenvalue weighted by molar-refractivity contribution is -0.149. The Morgan fingerprint density at radius 3 is 2.34 bits per heavy atom. The summed E-state index contributed by atoms with van der Waals surface area (Å²) in [6.45, 7) is 8.17. The summed E-state index contributed by atoms with van der Waals surface area (Å²) < 4.78 is 19.0. The fourth-order valence-electron chi connectivity index (χ4n) is 5.25. The van der Waals surface area contributed by atoms with Gasteiger partial charge in [-0.1, -0.05) is 33.8 Å². The van der Waals surface area contributed by atoms with Crippen molar-refractivity contribution in [2.24, 2.45) is 16.7 Å². The van der Waals surface area contributed by atoms with Crippen LogP contribution in [-0.4, -0.2) is 11.6 Å². The second-order valence-corrected chi connectivity index (χ2v) is 9.11. The number of ether oxygens (including phenoxy) is 1. The van der Waals surface area contributed by atoms with Crippen LogP contribution in [0.5, 0.6) is 11.5 Å². The maximum atomic E-state index is 13.6. The molecule has 0 heterocycles. The van der Waals surface area contributed by atoms with E-state index in [0.717, 1.165) is 30.4 Å². The number of carbonyl (C=O) groups excluding carboxylic acids is 2. The van der Waals surface area contributed by atoms with Gasteiger partial charge in [0.25, 0.3) is 0 Å². The Kier molecular flexibility index (Phi) is 4.64. The van der Waals surface area contributed by atoms with Gasteiger partial charge in [0, 0.05) is 11.3 Å². The van der Waals surface area contributed by atoms with Crippen molar-refractivity contribution in [3.63, 3.8) is 0 Å². The number of rotatable bonds is 4. The zero-order valence-corrected chi connectivity index (χ0v) is 17.4. The number of hydrogen-bond acceptors (Lipinski definition) is 3. The Bertz CT molecular complexity index is 976. The van der Waals surface area contributed by atoms with Crippen molar-refractivity contribution in [1.82, 2.24) is 0 Å². The standard InChI is InChI=1S/C25H27FO3/c1-5-15-6-9-18(29-17-10-7-16(26)8-11-17)14-19(15)21-22(27)20-12-13-25(4,23(21)28)24(20,2)3/h6-11,14,20-21H,5,12-13H2,1-4H3/t20-,21?,25+/m0/s1. The first-order chi connectivity index (χ1) is 13.7. The largest absolute Gasteiger partial charge is 0.457 e. The van der Waals surface area contributed by atoms with Gasteiger partial charge >= 0.3 is 0 Å².